The fraction of sp³-hybridized carbons (Fsp3) is 0.133. The number of pyridine rings is 1. The minimum absolute atomic E-state index is 0.135. The normalized spacial score (nSPS) is 9.90. The van der Waals surface area contributed by atoms with Gasteiger partial charge in [-0.3, -0.25) is 14.6 Å². The van der Waals surface area contributed by atoms with Crippen molar-refractivity contribution < 1.29 is 14.7 Å². The number of hydrogen-bond donors (Lipinski definition) is 3. The maximum Gasteiger partial charge on any atom is 0.309 e. The molecule has 0 saturated carbocycles. The Labute approximate surface area is 121 Å². The van der Waals surface area contributed by atoms with E-state index in [1.54, 1.807) is 12.1 Å². The molecule has 0 atom stereocenters. The molecular weight excluding hydrogens is 270 g/mol. The van der Waals surface area contributed by atoms with E-state index in [2.05, 4.69) is 15.6 Å². The molecule has 0 aliphatic rings. The van der Waals surface area contributed by atoms with Gasteiger partial charge in [-0.1, -0.05) is 18.2 Å². The fourth-order valence-corrected chi connectivity index (χ4v) is 1.70. The van der Waals surface area contributed by atoms with Crippen molar-refractivity contribution in [3.8, 4) is 0 Å². The van der Waals surface area contributed by atoms with Crippen LogP contribution in [0.4, 0.5) is 11.4 Å². The highest BCUT2D eigenvalue weighted by atomic mass is 16.4. The molecule has 3 N–H and O–H groups in total. The first kappa shape index (κ1) is 14.5. The number of anilines is 2. The monoisotopic (exact) mass is 285 g/mol. The zero-order valence-electron chi connectivity index (χ0n) is 11.2. The largest absolute Gasteiger partial charge is 0.481 e. The molecule has 0 saturated heterocycles. The Morgan fingerprint density at radius 1 is 1.05 bits per heavy atom. The number of carboxylic acids is 1. The predicted molar refractivity (Wildman–Crippen MR) is 79.1 cm³/mol. The lowest BCUT2D eigenvalue weighted by Gasteiger charge is -2.07. The molecule has 1 aromatic heterocycles. The smallest absolute Gasteiger partial charge is 0.309 e. The molecule has 0 radical (unpaired) electrons. The molecule has 0 unspecified atom stereocenters. The molecule has 0 fully saturated rings. The number of amides is 1. The Morgan fingerprint density at radius 2 is 1.81 bits per heavy atom. The molecule has 1 aromatic carbocycles. The summed E-state index contributed by atoms with van der Waals surface area (Å²) in [5.41, 5.74) is 1.84. The third-order valence-electron chi connectivity index (χ3n) is 2.67. The molecule has 0 spiro atoms. The Balaban J connectivity index is 1.83. The van der Waals surface area contributed by atoms with Crippen LogP contribution in [0.2, 0.25) is 0 Å². The van der Waals surface area contributed by atoms with E-state index in [0.29, 0.717) is 11.4 Å². The van der Waals surface area contributed by atoms with E-state index in [4.69, 9.17) is 5.11 Å². The van der Waals surface area contributed by atoms with Gasteiger partial charge in [0.1, 0.15) is 0 Å². The van der Waals surface area contributed by atoms with Crippen molar-refractivity contribution in [2.24, 2.45) is 0 Å². The van der Waals surface area contributed by atoms with Crippen LogP contribution in [0.15, 0.2) is 48.7 Å². The first-order chi connectivity index (χ1) is 10.1. The van der Waals surface area contributed by atoms with Gasteiger partial charge in [-0.05, 0) is 24.3 Å². The van der Waals surface area contributed by atoms with Gasteiger partial charge in [0.15, 0.2) is 0 Å². The van der Waals surface area contributed by atoms with Crippen LogP contribution in [0.25, 0.3) is 0 Å². The summed E-state index contributed by atoms with van der Waals surface area (Å²) in [7, 11) is 0. The van der Waals surface area contributed by atoms with Gasteiger partial charge in [-0.15, -0.1) is 0 Å². The van der Waals surface area contributed by atoms with Crippen LogP contribution in [0.5, 0.6) is 0 Å². The van der Waals surface area contributed by atoms with Crippen molar-refractivity contribution >= 4 is 23.3 Å². The Hall–Kier alpha value is -2.89. The molecular formula is C15H15N3O3. The Morgan fingerprint density at radius 3 is 2.43 bits per heavy atom. The Kier molecular flexibility index (Phi) is 4.87. The van der Waals surface area contributed by atoms with Crippen LogP contribution in [0, 0.1) is 0 Å². The molecule has 21 heavy (non-hydrogen) atoms. The molecule has 0 aliphatic heterocycles. The van der Waals surface area contributed by atoms with Gasteiger partial charge in [0.2, 0.25) is 5.91 Å². The highest BCUT2D eigenvalue weighted by molar-refractivity contribution is 5.93. The minimum atomic E-state index is -0.939. The first-order valence-electron chi connectivity index (χ1n) is 6.39. The van der Waals surface area contributed by atoms with Crippen LogP contribution in [0.1, 0.15) is 5.69 Å². The van der Waals surface area contributed by atoms with Gasteiger partial charge in [-0.2, -0.15) is 0 Å². The van der Waals surface area contributed by atoms with E-state index >= 15 is 0 Å². The topological polar surface area (TPSA) is 91.3 Å². The van der Waals surface area contributed by atoms with E-state index in [1.807, 2.05) is 30.3 Å². The van der Waals surface area contributed by atoms with Crippen LogP contribution < -0.4 is 10.6 Å². The minimum Gasteiger partial charge on any atom is -0.481 e. The standard InChI is InChI=1S/C15H15N3O3/c19-14(10-17-11-4-2-1-3-5-11)18-13-7-6-12(16-9-13)8-15(20)21/h1-7,9,17H,8,10H2,(H,18,19)(H,20,21). The molecule has 1 heterocycles. The van der Waals surface area contributed by atoms with Crippen molar-refractivity contribution in [1.82, 2.24) is 4.98 Å². The van der Waals surface area contributed by atoms with Crippen LogP contribution in [0.3, 0.4) is 0 Å². The quantitative estimate of drug-likeness (QED) is 0.752. The summed E-state index contributed by atoms with van der Waals surface area (Å²) in [6.07, 6.45) is 1.31. The average molecular weight is 285 g/mol. The molecule has 6 heteroatoms. The molecule has 108 valence electrons. The molecule has 1 amide bonds. The number of carbonyl (C=O) groups is 2. The van der Waals surface area contributed by atoms with Crippen molar-refractivity contribution in [3.05, 3.63) is 54.4 Å². The predicted octanol–water partition coefficient (Wildman–Crippen LogP) is 1.76. The van der Waals surface area contributed by atoms with Gasteiger partial charge >= 0.3 is 5.97 Å². The van der Waals surface area contributed by atoms with E-state index < -0.39 is 5.97 Å². The van der Waals surface area contributed by atoms with Crippen molar-refractivity contribution in [3.63, 3.8) is 0 Å². The maximum absolute atomic E-state index is 11.8. The SMILES string of the molecule is O=C(O)Cc1ccc(NC(=O)CNc2ccccc2)cn1. The number of carbonyl (C=O) groups excluding carboxylic acids is 1. The highest BCUT2D eigenvalue weighted by Gasteiger charge is 2.04. The molecule has 0 bridgehead atoms. The number of nitrogens with zero attached hydrogens (tertiary/aromatic N) is 1. The summed E-state index contributed by atoms with van der Waals surface area (Å²) in [4.78, 5) is 26.3. The number of aliphatic carboxylic acids is 1. The van der Waals surface area contributed by atoms with Gasteiger partial charge < -0.3 is 15.7 Å². The Bertz CT molecular complexity index is 612. The summed E-state index contributed by atoms with van der Waals surface area (Å²) in [5, 5.41) is 14.3. The van der Waals surface area contributed by atoms with E-state index in [9.17, 15) is 9.59 Å². The second-order valence-corrected chi connectivity index (χ2v) is 4.38. The zero-order chi connectivity index (χ0) is 15.1. The number of para-hydroxylation sites is 1. The summed E-state index contributed by atoms with van der Waals surface area (Å²) in [5.74, 6) is -1.14. The van der Waals surface area contributed by atoms with Gasteiger partial charge in [0.05, 0.1) is 30.5 Å². The number of nitrogens with one attached hydrogen (secondary N) is 2. The second-order valence-electron chi connectivity index (χ2n) is 4.38. The van der Waals surface area contributed by atoms with Crippen LogP contribution in [-0.2, 0) is 16.0 Å². The lowest BCUT2D eigenvalue weighted by Crippen LogP contribution is -2.21. The van der Waals surface area contributed by atoms with Crippen molar-refractivity contribution in [1.29, 1.82) is 0 Å². The second kappa shape index (κ2) is 7.04. The summed E-state index contributed by atoms with van der Waals surface area (Å²) >= 11 is 0. The van der Waals surface area contributed by atoms with Crippen molar-refractivity contribution in [2.75, 3.05) is 17.2 Å². The van der Waals surface area contributed by atoms with E-state index in [1.165, 1.54) is 6.20 Å². The molecule has 6 nitrogen and oxygen atoms in total. The number of aromatic nitrogens is 1. The van der Waals surface area contributed by atoms with Crippen LogP contribution >= 0.6 is 0 Å². The van der Waals surface area contributed by atoms with Gasteiger partial charge in [0, 0.05) is 5.69 Å². The first-order valence-corrected chi connectivity index (χ1v) is 6.39. The third-order valence-corrected chi connectivity index (χ3v) is 2.67. The molecule has 0 aliphatic carbocycles. The summed E-state index contributed by atoms with van der Waals surface area (Å²) < 4.78 is 0. The lowest BCUT2D eigenvalue weighted by atomic mass is 10.2. The number of hydrogen-bond acceptors (Lipinski definition) is 4. The average Bonchev–Trinajstić information content (AvgIpc) is 2.48. The third kappa shape index (κ3) is 4.94. The number of rotatable bonds is 6. The highest BCUT2D eigenvalue weighted by Crippen LogP contribution is 2.08. The van der Waals surface area contributed by atoms with E-state index in [-0.39, 0.29) is 18.9 Å². The zero-order valence-corrected chi connectivity index (χ0v) is 11.2. The van der Waals surface area contributed by atoms with Gasteiger partial charge in [0.25, 0.3) is 0 Å². The summed E-state index contributed by atoms with van der Waals surface area (Å²) in [6, 6.07) is 12.6. The number of carboxylic acid groups (broad SMARTS) is 1. The molecule has 2 aromatic rings. The van der Waals surface area contributed by atoms with Crippen LogP contribution in [-0.4, -0.2) is 28.5 Å². The van der Waals surface area contributed by atoms with Gasteiger partial charge in [-0.25, -0.2) is 0 Å². The van der Waals surface area contributed by atoms with E-state index in [0.717, 1.165) is 5.69 Å². The number of benzene rings is 1. The maximum atomic E-state index is 11.8. The molecule has 2 rings (SSSR count). The lowest BCUT2D eigenvalue weighted by molar-refractivity contribution is -0.136. The fourth-order valence-electron chi connectivity index (χ4n) is 1.70. The van der Waals surface area contributed by atoms with Crippen molar-refractivity contribution in [2.45, 2.75) is 6.42 Å². The summed E-state index contributed by atoms with van der Waals surface area (Å²) in [6.45, 7) is 0.140.